The molecule has 17 heavy (non-hydrogen) atoms. The number of sulfonamides is 1. The van der Waals surface area contributed by atoms with Gasteiger partial charge in [0.25, 0.3) is 0 Å². The summed E-state index contributed by atoms with van der Waals surface area (Å²) in [5, 5.41) is 0. The van der Waals surface area contributed by atoms with Crippen LogP contribution in [0.5, 0.6) is 0 Å². The number of anilines is 1. The summed E-state index contributed by atoms with van der Waals surface area (Å²) in [5.41, 5.74) is 2.27. The molecule has 0 radical (unpaired) electrons. The van der Waals surface area contributed by atoms with Gasteiger partial charge >= 0.3 is 0 Å². The minimum atomic E-state index is -3.46. The molecule has 5 heteroatoms. The molecule has 92 valence electrons. The predicted octanol–water partition coefficient (Wildman–Crippen LogP) is 1.62. The van der Waals surface area contributed by atoms with E-state index in [0.29, 0.717) is 12.1 Å². The van der Waals surface area contributed by atoms with Crippen molar-refractivity contribution in [1.29, 1.82) is 0 Å². The van der Waals surface area contributed by atoms with E-state index in [1.54, 1.807) is 0 Å². The zero-order valence-electron chi connectivity index (χ0n) is 9.93. The largest absolute Gasteiger partial charge is 0.273 e. The van der Waals surface area contributed by atoms with Gasteiger partial charge in [-0.15, -0.1) is 0 Å². The molecule has 1 aliphatic heterocycles. The van der Waals surface area contributed by atoms with Crippen molar-refractivity contribution in [2.24, 2.45) is 0 Å². The number of rotatable bonds is 2. The van der Waals surface area contributed by atoms with Crippen molar-refractivity contribution in [3.8, 4) is 0 Å². The van der Waals surface area contributed by atoms with E-state index < -0.39 is 10.0 Å². The number of para-hydroxylation sites is 1. The average Bonchev–Trinajstić information content (AvgIpc) is 2.54. The first kappa shape index (κ1) is 12.1. The molecule has 0 atom stereocenters. The first-order chi connectivity index (χ1) is 7.97. The molecular weight excluding hydrogens is 238 g/mol. The normalized spacial score (nSPS) is 18.7. The van der Waals surface area contributed by atoms with Gasteiger partial charge in [-0.3, -0.25) is 4.79 Å². The molecule has 0 N–H and O–H groups in total. The fourth-order valence-electron chi connectivity index (χ4n) is 2.12. The summed E-state index contributed by atoms with van der Waals surface area (Å²) in [7, 11) is -3.46. The zero-order valence-corrected chi connectivity index (χ0v) is 10.8. The molecule has 1 heterocycles. The highest BCUT2D eigenvalue weighted by atomic mass is 32.2. The van der Waals surface area contributed by atoms with Gasteiger partial charge in [-0.2, -0.15) is 0 Å². The molecule has 1 saturated heterocycles. The van der Waals surface area contributed by atoms with Crippen LogP contribution in [0.25, 0.3) is 0 Å². The third kappa shape index (κ3) is 1.95. The van der Waals surface area contributed by atoms with Crippen LogP contribution in [0.4, 0.5) is 5.69 Å². The van der Waals surface area contributed by atoms with Gasteiger partial charge in [-0.1, -0.05) is 25.1 Å². The fourth-order valence-corrected chi connectivity index (χ4v) is 3.68. The van der Waals surface area contributed by atoms with E-state index in [1.807, 2.05) is 32.0 Å². The molecule has 0 aromatic heterocycles. The number of carbonyl (C=O) groups excluding carboxylic acids is 1. The number of hydrogen-bond donors (Lipinski definition) is 0. The molecule has 1 aliphatic rings. The van der Waals surface area contributed by atoms with Crippen molar-refractivity contribution in [1.82, 2.24) is 0 Å². The average molecular weight is 253 g/mol. The maximum atomic E-state index is 11.9. The molecule has 0 saturated carbocycles. The van der Waals surface area contributed by atoms with Crippen molar-refractivity contribution >= 4 is 21.6 Å². The summed E-state index contributed by atoms with van der Waals surface area (Å²) < 4.78 is 24.8. The third-order valence-electron chi connectivity index (χ3n) is 2.98. The summed E-state index contributed by atoms with van der Waals surface area (Å²) in [4.78, 5) is 11.8. The van der Waals surface area contributed by atoms with E-state index in [4.69, 9.17) is 0 Å². The SMILES string of the molecule is CCc1cccc(C)c1N1C(=O)CCS1(=O)=O. The Morgan fingerprint density at radius 3 is 2.59 bits per heavy atom. The van der Waals surface area contributed by atoms with Crippen LogP contribution < -0.4 is 4.31 Å². The Bertz CT molecular complexity index is 563. The fraction of sp³-hybridized carbons (Fsp3) is 0.417. The molecule has 0 spiro atoms. The molecule has 4 nitrogen and oxygen atoms in total. The minimum absolute atomic E-state index is 0.0800. The highest BCUT2D eigenvalue weighted by Gasteiger charge is 2.37. The molecule has 0 aliphatic carbocycles. The second kappa shape index (κ2) is 4.14. The van der Waals surface area contributed by atoms with E-state index in [2.05, 4.69) is 0 Å². The number of carbonyl (C=O) groups is 1. The lowest BCUT2D eigenvalue weighted by Crippen LogP contribution is -2.30. The highest BCUT2D eigenvalue weighted by molar-refractivity contribution is 7.94. The Morgan fingerprint density at radius 2 is 2.06 bits per heavy atom. The van der Waals surface area contributed by atoms with Crippen LogP contribution in [-0.2, 0) is 21.2 Å². The Hall–Kier alpha value is -1.36. The summed E-state index contributed by atoms with van der Waals surface area (Å²) in [5.74, 6) is -0.405. The van der Waals surface area contributed by atoms with Crippen molar-refractivity contribution < 1.29 is 13.2 Å². The van der Waals surface area contributed by atoms with Gasteiger partial charge in [0.1, 0.15) is 0 Å². The lowest BCUT2D eigenvalue weighted by Gasteiger charge is -2.20. The smallest absolute Gasteiger partial charge is 0.242 e. The number of amides is 1. The standard InChI is InChI=1S/C12H15NO3S/c1-3-10-6-4-5-9(2)12(10)13-11(14)7-8-17(13,15)16/h4-6H,3,7-8H2,1-2H3. The molecule has 1 aromatic carbocycles. The van der Waals surface area contributed by atoms with Crippen molar-refractivity contribution in [3.05, 3.63) is 29.3 Å². The Morgan fingerprint density at radius 1 is 1.35 bits per heavy atom. The summed E-state index contributed by atoms with van der Waals surface area (Å²) >= 11 is 0. The van der Waals surface area contributed by atoms with Crippen LogP contribution in [-0.4, -0.2) is 20.1 Å². The number of aryl methyl sites for hydroxylation is 2. The van der Waals surface area contributed by atoms with Crippen LogP contribution in [0.3, 0.4) is 0 Å². The molecule has 1 fully saturated rings. The van der Waals surface area contributed by atoms with E-state index in [1.165, 1.54) is 0 Å². The summed E-state index contributed by atoms with van der Waals surface area (Å²) in [6.45, 7) is 3.78. The van der Waals surface area contributed by atoms with E-state index in [9.17, 15) is 13.2 Å². The van der Waals surface area contributed by atoms with Crippen LogP contribution in [0.2, 0.25) is 0 Å². The second-order valence-corrected chi connectivity index (χ2v) is 6.10. The van der Waals surface area contributed by atoms with Crippen LogP contribution in [0.1, 0.15) is 24.5 Å². The Kier molecular flexibility index (Phi) is 2.95. The molecule has 0 unspecified atom stereocenters. The van der Waals surface area contributed by atoms with Crippen LogP contribution in [0.15, 0.2) is 18.2 Å². The molecule has 2 rings (SSSR count). The van der Waals surface area contributed by atoms with Crippen LogP contribution in [0, 0.1) is 6.92 Å². The van der Waals surface area contributed by atoms with Gasteiger partial charge in [0, 0.05) is 6.42 Å². The first-order valence-electron chi connectivity index (χ1n) is 5.61. The number of benzene rings is 1. The van der Waals surface area contributed by atoms with Gasteiger partial charge in [0.2, 0.25) is 15.9 Å². The van der Waals surface area contributed by atoms with Gasteiger partial charge < -0.3 is 0 Å². The van der Waals surface area contributed by atoms with Crippen LogP contribution >= 0.6 is 0 Å². The topological polar surface area (TPSA) is 54.5 Å². The molecule has 0 bridgehead atoms. The van der Waals surface area contributed by atoms with Gasteiger partial charge in [0.15, 0.2) is 0 Å². The third-order valence-corrected chi connectivity index (χ3v) is 4.65. The second-order valence-electron chi connectivity index (χ2n) is 4.16. The van der Waals surface area contributed by atoms with Crippen molar-refractivity contribution in [2.45, 2.75) is 26.7 Å². The monoisotopic (exact) mass is 253 g/mol. The molecule has 1 aromatic rings. The Labute approximate surface area is 101 Å². The Balaban J connectivity index is 2.65. The summed E-state index contributed by atoms with van der Waals surface area (Å²) in [6.07, 6.45) is 0.788. The quantitative estimate of drug-likeness (QED) is 0.805. The zero-order chi connectivity index (χ0) is 12.6. The van der Waals surface area contributed by atoms with E-state index in [0.717, 1.165) is 15.4 Å². The van der Waals surface area contributed by atoms with E-state index >= 15 is 0 Å². The number of nitrogens with zero attached hydrogens (tertiary/aromatic N) is 1. The van der Waals surface area contributed by atoms with Crippen molar-refractivity contribution in [2.75, 3.05) is 10.1 Å². The summed E-state index contributed by atoms with van der Waals surface area (Å²) in [6, 6.07) is 5.57. The van der Waals surface area contributed by atoms with Crippen molar-refractivity contribution in [3.63, 3.8) is 0 Å². The van der Waals surface area contributed by atoms with Gasteiger partial charge in [-0.05, 0) is 24.5 Å². The predicted molar refractivity (Wildman–Crippen MR) is 66.4 cm³/mol. The first-order valence-corrected chi connectivity index (χ1v) is 7.22. The maximum Gasteiger partial charge on any atom is 0.242 e. The lowest BCUT2D eigenvalue weighted by atomic mass is 10.1. The minimum Gasteiger partial charge on any atom is -0.273 e. The van der Waals surface area contributed by atoms with Gasteiger partial charge in [0.05, 0.1) is 11.4 Å². The lowest BCUT2D eigenvalue weighted by molar-refractivity contribution is -0.116. The molecule has 1 amide bonds. The maximum absolute atomic E-state index is 11.9. The number of hydrogen-bond acceptors (Lipinski definition) is 3. The van der Waals surface area contributed by atoms with E-state index in [-0.39, 0.29) is 18.1 Å². The molecular formula is C12H15NO3S. The highest BCUT2D eigenvalue weighted by Crippen LogP contribution is 2.31. The van der Waals surface area contributed by atoms with Gasteiger partial charge in [-0.25, -0.2) is 12.7 Å².